The maximum Gasteiger partial charge on any atom is 0.227 e. The van der Waals surface area contributed by atoms with Crippen LogP contribution in [0.5, 0.6) is 0 Å². The number of β-amino-alcohol motifs (C(OH)–C–C–N with tert-alkyl or cyclic N) is 1. The predicted octanol–water partition coefficient (Wildman–Crippen LogP) is -0.239. The van der Waals surface area contributed by atoms with Crippen LogP contribution in [0, 0.1) is 0 Å². The van der Waals surface area contributed by atoms with Gasteiger partial charge in [0.15, 0.2) is 0 Å². The van der Waals surface area contributed by atoms with Gasteiger partial charge in [0.25, 0.3) is 0 Å². The Balaban J connectivity index is 1.81. The molecule has 2 heterocycles. The minimum atomic E-state index is 0.171. The van der Waals surface area contributed by atoms with E-state index in [9.17, 15) is 4.79 Å². The molecule has 1 aromatic rings. The van der Waals surface area contributed by atoms with Crippen LogP contribution >= 0.6 is 0 Å². The van der Waals surface area contributed by atoms with Crippen molar-refractivity contribution in [2.24, 2.45) is 0 Å². The van der Waals surface area contributed by atoms with Crippen LogP contribution in [0.2, 0.25) is 0 Å². The Hall–Kier alpha value is -1.46. The van der Waals surface area contributed by atoms with Crippen molar-refractivity contribution < 1.29 is 9.90 Å². The number of hydrogen-bond donors (Lipinski definition) is 1. The molecule has 0 atom stereocenters. The lowest BCUT2D eigenvalue weighted by Gasteiger charge is -2.34. The number of rotatable bonds is 4. The van der Waals surface area contributed by atoms with E-state index in [1.807, 2.05) is 17.0 Å². The zero-order valence-corrected chi connectivity index (χ0v) is 10.5. The second-order valence-corrected chi connectivity index (χ2v) is 4.48. The van der Waals surface area contributed by atoms with Crippen LogP contribution in [0.25, 0.3) is 0 Å². The van der Waals surface area contributed by atoms with E-state index in [0.29, 0.717) is 13.0 Å². The molecule has 0 bridgehead atoms. The highest BCUT2D eigenvalue weighted by molar-refractivity contribution is 5.78. The summed E-state index contributed by atoms with van der Waals surface area (Å²) in [6.45, 7) is 4.09. The molecule has 1 aliphatic heterocycles. The minimum Gasteiger partial charge on any atom is -0.395 e. The topological polar surface area (TPSA) is 56.7 Å². The number of piperazine rings is 1. The van der Waals surface area contributed by atoms with Crippen molar-refractivity contribution in [3.63, 3.8) is 0 Å². The Morgan fingerprint density at radius 3 is 2.50 bits per heavy atom. The predicted molar refractivity (Wildman–Crippen MR) is 68.0 cm³/mol. The molecule has 18 heavy (non-hydrogen) atoms. The van der Waals surface area contributed by atoms with E-state index in [-0.39, 0.29) is 12.5 Å². The number of aliphatic hydroxyl groups is 1. The van der Waals surface area contributed by atoms with Gasteiger partial charge in [-0.2, -0.15) is 0 Å². The molecule has 0 aliphatic carbocycles. The third-order valence-corrected chi connectivity index (χ3v) is 3.25. The molecule has 1 N–H and O–H groups in total. The van der Waals surface area contributed by atoms with E-state index in [1.54, 1.807) is 12.4 Å². The number of nitrogens with zero attached hydrogens (tertiary/aromatic N) is 3. The first-order valence-corrected chi connectivity index (χ1v) is 6.29. The number of hydrogen-bond acceptors (Lipinski definition) is 4. The molecular formula is C13H19N3O2. The number of pyridine rings is 1. The van der Waals surface area contributed by atoms with Crippen molar-refractivity contribution in [2.45, 2.75) is 6.42 Å². The Labute approximate surface area is 107 Å². The number of aliphatic hydroxyl groups excluding tert-OH is 1. The Bertz CT molecular complexity index is 375. The van der Waals surface area contributed by atoms with Gasteiger partial charge in [-0.1, -0.05) is 0 Å². The van der Waals surface area contributed by atoms with E-state index in [0.717, 1.165) is 31.7 Å². The zero-order valence-electron chi connectivity index (χ0n) is 10.5. The number of carbonyl (C=O) groups is 1. The van der Waals surface area contributed by atoms with Crippen LogP contribution in [-0.4, -0.2) is 65.1 Å². The van der Waals surface area contributed by atoms with Crippen molar-refractivity contribution in [1.82, 2.24) is 14.8 Å². The lowest BCUT2D eigenvalue weighted by Crippen LogP contribution is -2.49. The van der Waals surface area contributed by atoms with E-state index in [4.69, 9.17) is 5.11 Å². The van der Waals surface area contributed by atoms with Gasteiger partial charge < -0.3 is 10.0 Å². The monoisotopic (exact) mass is 249 g/mol. The van der Waals surface area contributed by atoms with Crippen molar-refractivity contribution in [3.05, 3.63) is 30.1 Å². The molecule has 2 rings (SSSR count). The van der Waals surface area contributed by atoms with Gasteiger partial charge in [-0.15, -0.1) is 0 Å². The van der Waals surface area contributed by atoms with Gasteiger partial charge >= 0.3 is 0 Å². The Morgan fingerprint density at radius 2 is 1.89 bits per heavy atom. The molecule has 98 valence electrons. The Kier molecular flexibility index (Phi) is 4.66. The van der Waals surface area contributed by atoms with E-state index < -0.39 is 0 Å². The molecule has 1 aliphatic rings. The normalized spacial score (nSPS) is 16.8. The van der Waals surface area contributed by atoms with Crippen LogP contribution < -0.4 is 0 Å². The number of amides is 1. The highest BCUT2D eigenvalue weighted by Gasteiger charge is 2.20. The standard InChI is InChI=1S/C13H19N3O2/c17-10-9-15-5-7-16(8-6-15)13(18)11-12-1-3-14-4-2-12/h1-4,17H,5-11H2. The second kappa shape index (κ2) is 6.47. The van der Waals surface area contributed by atoms with Gasteiger partial charge in [-0.3, -0.25) is 14.7 Å². The van der Waals surface area contributed by atoms with Crippen molar-refractivity contribution in [2.75, 3.05) is 39.3 Å². The summed E-state index contributed by atoms with van der Waals surface area (Å²) in [5, 5.41) is 8.86. The molecule has 1 saturated heterocycles. The molecule has 5 heteroatoms. The first-order valence-electron chi connectivity index (χ1n) is 6.29. The van der Waals surface area contributed by atoms with Crippen LogP contribution in [0.1, 0.15) is 5.56 Å². The van der Waals surface area contributed by atoms with Crippen LogP contribution in [-0.2, 0) is 11.2 Å². The maximum atomic E-state index is 12.1. The average molecular weight is 249 g/mol. The van der Waals surface area contributed by atoms with E-state index in [1.165, 1.54) is 0 Å². The molecule has 0 aromatic carbocycles. The summed E-state index contributed by atoms with van der Waals surface area (Å²) in [7, 11) is 0. The molecule has 1 amide bonds. The molecule has 1 fully saturated rings. The van der Waals surface area contributed by atoms with Crippen molar-refractivity contribution in [3.8, 4) is 0 Å². The smallest absolute Gasteiger partial charge is 0.227 e. The largest absolute Gasteiger partial charge is 0.395 e. The quantitative estimate of drug-likeness (QED) is 0.800. The highest BCUT2D eigenvalue weighted by Crippen LogP contribution is 2.06. The van der Waals surface area contributed by atoms with Crippen LogP contribution in [0.3, 0.4) is 0 Å². The van der Waals surface area contributed by atoms with Crippen molar-refractivity contribution in [1.29, 1.82) is 0 Å². The van der Waals surface area contributed by atoms with E-state index >= 15 is 0 Å². The summed E-state index contributed by atoms with van der Waals surface area (Å²) in [5.41, 5.74) is 1.01. The van der Waals surface area contributed by atoms with E-state index in [2.05, 4.69) is 9.88 Å². The molecule has 1 aromatic heterocycles. The molecule has 0 saturated carbocycles. The number of aromatic nitrogens is 1. The zero-order chi connectivity index (χ0) is 12.8. The summed E-state index contributed by atoms with van der Waals surface area (Å²) in [6, 6.07) is 3.75. The fourth-order valence-corrected chi connectivity index (χ4v) is 2.15. The van der Waals surface area contributed by atoms with Gasteiger partial charge in [0.2, 0.25) is 5.91 Å². The Morgan fingerprint density at radius 1 is 1.22 bits per heavy atom. The number of carbonyl (C=O) groups excluding carboxylic acids is 1. The third-order valence-electron chi connectivity index (χ3n) is 3.25. The summed E-state index contributed by atoms with van der Waals surface area (Å²) in [4.78, 5) is 20.1. The molecule has 5 nitrogen and oxygen atoms in total. The summed E-state index contributed by atoms with van der Waals surface area (Å²) in [5.74, 6) is 0.171. The van der Waals surface area contributed by atoms with Crippen LogP contribution in [0.15, 0.2) is 24.5 Å². The molecule has 0 radical (unpaired) electrons. The summed E-state index contributed by atoms with van der Waals surface area (Å²) < 4.78 is 0. The summed E-state index contributed by atoms with van der Waals surface area (Å²) in [6.07, 6.45) is 3.87. The third kappa shape index (κ3) is 3.51. The fourth-order valence-electron chi connectivity index (χ4n) is 2.15. The lowest BCUT2D eigenvalue weighted by atomic mass is 10.1. The minimum absolute atomic E-state index is 0.171. The van der Waals surface area contributed by atoms with Gasteiger partial charge in [0, 0.05) is 45.1 Å². The van der Waals surface area contributed by atoms with Crippen LogP contribution in [0.4, 0.5) is 0 Å². The van der Waals surface area contributed by atoms with Gasteiger partial charge in [-0.25, -0.2) is 0 Å². The highest BCUT2D eigenvalue weighted by atomic mass is 16.3. The SMILES string of the molecule is O=C(Cc1ccncc1)N1CCN(CCO)CC1. The molecule has 0 unspecified atom stereocenters. The van der Waals surface area contributed by atoms with Gasteiger partial charge in [0.05, 0.1) is 13.0 Å². The fraction of sp³-hybridized carbons (Fsp3) is 0.538. The maximum absolute atomic E-state index is 12.1. The van der Waals surface area contributed by atoms with Gasteiger partial charge in [0.1, 0.15) is 0 Å². The first kappa shape index (κ1) is 13.0. The average Bonchev–Trinajstić information content (AvgIpc) is 2.41. The molecular weight excluding hydrogens is 230 g/mol. The second-order valence-electron chi connectivity index (χ2n) is 4.48. The van der Waals surface area contributed by atoms with Gasteiger partial charge in [-0.05, 0) is 17.7 Å². The molecule has 0 spiro atoms. The lowest BCUT2D eigenvalue weighted by molar-refractivity contribution is -0.132. The van der Waals surface area contributed by atoms with Crippen molar-refractivity contribution >= 4 is 5.91 Å². The summed E-state index contributed by atoms with van der Waals surface area (Å²) >= 11 is 0. The first-order chi connectivity index (χ1) is 8.79.